The summed E-state index contributed by atoms with van der Waals surface area (Å²) in [5, 5.41) is 3.85. The highest BCUT2D eigenvalue weighted by molar-refractivity contribution is 7.89. The van der Waals surface area contributed by atoms with Crippen molar-refractivity contribution in [2.75, 3.05) is 6.54 Å². The number of hydrogen-bond acceptors (Lipinski definition) is 5. The normalized spacial score (nSPS) is 12.5. The van der Waals surface area contributed by atoms with Crippen molar-refractivity contribution in [3.63, 3.8) is 0 Å². The fourth-order valence-corrected chi connectivity index (χ4v) is 2.80. The smallest absolute Gasteiger partial charge is 0.216 e. The third kappa shape index (κ3) is 3.21. The van der Waals surface area contributed by atoms with Crippen molar-refractivity contribution in [3.05, 3.63) is 17.0 Å². The Bertz CT molecular complexity index is 764. The first kappa shape index (κ1) is 15.8. The Morgan fingerprint density at radius 2 is 1.86 bits per heavy atom. The molecule has 8 heteroatoms. The lowest BCUT2D eigenvalue weighted by atomic mass is 10.1. The van der Waals surface area contributed by atoms with Crippen LogP contribution in [0.25, 0.3) is 5.78 Å². The molecule has 21 heavy (non-hydrogen) atoms. The Balaban J connectivity index is 2.37. The number of fused-ring (bicyclic) bond motifs is 1. The molecule has 2 heterocycles. The molecular weight excluding hydrogens is 290 g/mol. The Labute approximate surface area is 124 Å². The summed E-state index contributed by atoms with van der Waals surface area (Å²) in [6.45, 7) is 10.1. The molecule has 0 aliphatic carbocycles. The molecule has 0 unspecified atom stereocenters. The van der Waals surface area contributed by atoms with Crippen LogP contribution in [0, 0.1) is 26.7 Å². The van der Waals surface area contributed by atoms with E-state index >= 15 is 0 Å². The standard InChI is InChI=1S/C13H21N5O2S/c1-8(2)6-7-14-21(19,20)13-16-12-15-10(4)9(3)11(5)18(12)17-13/h8,14H,6-7H2,1-5H3. The van der Waals surface area contributed by atoms with Crippen molar-refractivity contribution in [1.82, 2.24) is 24.3 Å². The summed E-state index contributed by atoms with van der Waals surface area (Å²) in [6, 6.07) is 0. The lowest BCUT2D eigenvalue weighted by Crippen LogP contribution is -2.26. The van der Waals surface area contributed by atoms with Crippen molar-refractivity contribution in [3.8, 4) is 0 Å². The zero-order valence-electron chi connectivity index (χ0n) is 13.0. The van der Waals surface area contributed by atoms with Crippen LogP contribution in [-0.4, -0.2) is 34.5 Å². The topological polar surface area (TPSA) is 89.2 Å². The molecule has 0 aliphatic heterocycles. The van der Waals surface area contributed by atoms with Gasteiger partial charge in [0.05, 0.1) is 0 Å². The Hall–Kier alpha value is -1.54. The van der Waals surface area contributed by atoms with Gasteiger partial charge >= 0.3 is 0 Å². The van der Waals surface area contributed by atoms with E-state index in [1.54, 1.807) is 0 Å². The molecule has 0 radical (unpaired) electrons. The molecule has 7 nitrogen and oxygen atoms in total. The van der Waals surface area contributed by atoms with Gasteiger partial charge in [0.15, 0.2) is 0 Å². The average molecular weight is 311 g/mol. The van der Waals surface area contributed by atoms with Gasteiger partial charge in [-0.25, -0.2) is 18.1 Å². The van der Waals surface area contributed by atoms with Crippen LogP contribution >= 0.6 is 0 Å². The summed E-state index contributed by atoms with van der Waals surface area (Å²) in [6.07, 6.45) is 0.766. The minimum atomic E-state index is -3.69. The highest BCUT2D eigenvalue weighted by Crippen LogP contribution is 2.13. The van der Waals surface area contributed by atoms with E-state index in [0.29, 0.717) is 18.2 Å². The molecule has 1 N–H and O–H groups in total. The summed E-state index contributed by atoms with van der Waals surface area (Å²) >= 11 is 0. The van der Waals surface area contributed by atoms with Gasteiger partial charge in [-0.15, -0.1) is 5.10 Å². The SMILES string of the molecule is Cc1nc2nc(S(=O)(=O)NCCC(C)C)nn2c(C)c1C. The van der Waals surface area contributed by atoms with E-state index in [2.05, 4.69) is 19.8 Å². The van der Waals surface area contributed by atoms with Gasteiger partial charge in [0.25, 0.3) is 21.0 Å². The van der Waals surface area contributed by atoms with Gasteiger partial charge in [0, 0.05) is 17.9 Å². The fraction of sp³-hybridized carbons (Fsp3) is 0.615. The maximum atomic E-state index is 12.2. The minimum Gasteiger partial charge on any atom is -0.216 e. The van der Waals surface area contributed by atoms with E-state index in [4.69, 9.17) is 0 Å². The zero-order valence-corrected chi connectivity index (χ0v) is 13.8. The molecule has 0 bridgehead atoms. The highest BCUT2D eigenvalue weighted by atomic mass is 32.2. The molecule has 0 aliphatic rings. The van der Waals surface area contributed by atoms with Crippen LogP contribution in [0.5, 0.6) is 0 Å². The van der Waals surface area contributed by atoms with Gasteiger partial charge in [-0.3, -0.25) is 0 Å². The van der Waals surface area contributed by atoms with E-state index in [1.165, 1.54) is 4.52 Å². The van der Waals surface area contributed by atoms with Crippen LogP contribution in [0.2, 0.25) is 0 Å². The Morgan fingerprint density at radius 3 is 2.48 bits per heavy atom. The monoisotopic (exact) mass is 311 g/mol. The molecule has 2 aromatic heterocycles. The second-order valence-corrected chi connectivity index (χ2v) is 7.25. The number of nitrogens with one attached hydrogen (secondary N) is 1. The third-order valence-electron chi connectivity index (χ3n) is 3.50. The Kier molecular flexibility index (Phi) is 4.29. The second kappa shape index (κ2) is 5.69. The summed E-state index contributed by atoms with van der Waals surface area (Å²) in [5.41, 5.74) is 2.64. The lowest BCUT2D eigenvalue weighted by molar-refractivity contribution is 0.546. The van der Waals surface area contributed by atoms with Gasteiger partial charge in [-0.05, 0) is 38.7 Å². The van der Waals surface area contributed by atoms with Crippen LogP contribution in [-0.2, 0) is 10.0 Å². The molecule has 0 atom stereocenters. The van der Waals surface area contributed by atoms with E-state index in [0.717, 1.165) is 23.4 Å². The van der Waals surface area contributed by atoms with Crippen molar-refractivity contribution in [1.29, 1.82) is 0 Å². The quantitative estimate of drug-likeness (QED) is 0.901. The predicted molar refractivity (Wildman–Crippen MR) is 79.6 cm³/mol. The molecule has 0 saturated carbocycles. The molecule has 116 valence electrons. The van der Waals surface area contributed by atoms with E-state index in [-0.39, 0.29) is 5.16 Å². The minimum absolute atomic E-state index is 0.230. The molecule has 0 amide bonds. The number of hydrogen-bond donors (Lipinski definition) is 1. The molecule has 2 rings (SSSR count). The number of sulfonamides is 1. The van der Waals surface area contributed by atoms with Gasteiger partial charge in [0.2, 0.25) is 0 Å². The van der Waals surface area contributed by atoms with E-state index < -0.39 is 10.0 Å². The van der Waals surface area contributed by atoms with E-state index in [1.807, 2.05) is 34.6 Å². The number of nitrogens with zero attached hydrogens (tertiary/aromatic N) is 4. The number of rotatable bonds is 5. The predicted octanol–water partition coefficient (Wildman–Crippen LogP) is 1.37. The molecule has 0 fully saturated rings. The highest BCUT2D eigenvalue weighted by Gasteiger charge is 2.21. The van der Waals surface area contributed by atoms with Gasteiger partial charge in [-0.2, -0.15) is 9.50 Å². The van der Waals surface area contributed by atoms with Crippen molar-refractivity contribution < 1.29 is 8.42 Å². The summed E-state index contributed by atoms with van der Waals surface area (Å²) in [5.74, 6) is 0.732. The summed E-state index contributed by atoms with van der Waals surface area (Å²) < 4.78 is 28.4. The first-order chi connectivity index (χ1) is 9.72. The average Bonchev–Trinajstić information content (AvgIpc) is 2.80. The lowest BCUT2D eigenvalue weighted by Gasteiger charge is -2.05. The van der Waals surface area contributed by atoms with Gasteiger partial charge in [0.1, 0.15) is 0 Å². The molecule has 0 aromatic carbocycles. The van der Waals surface area contributed by atoms with E-state index in [9.17, 15) is 8.42 Å². The van der Waals surface area contributed by atoms with Gasteiger partial charge < -0.3 is 0 Å². The largest absolute Gasteiger partial charge is 0.284 e. The molecular formula is C13H21N5O2S. The molecule has 0 saturated heterocycles. The summed E-state index contributed by atoms with van der Waals surface area (Å²) in [4.78, 5) is 8.31. The molecule has 0 spiro atoms. The first-order valence-electron chi connectivity index (χ1n) is 6.92. The van der Waals surface area contributed by atoms with Crippen LogP contribution in [0.15, 0.2) is 5.16 Å². The number of aryl methyl sites for hydroxylation is 2. The first-order valence-corrected chi connectivity index (χ1v) is 8.41. The Morgan fingerprint density at radius 1 is 1.19 bits per heavy atom. The number of aromatic nitrogens is 4. The molecule has 2 aromatic rings. The van der Waals surface area contributed by atoms with Crippen molar-refractivity contribution in [2.45, 2.75) is 46.2 Å². The van der Waals surface area contributed by atoms with Crippen molar-refractivity contribution in [2.24, 2.45) is 5.92 Å². The van der Waals surface area contributed by atoms with Crippen molar-refractivity contribution >= 4 is 15.8 Å². The van der Waals surface area contributed by atoms with Crippen LogP contribution in [0.1, 0.15) is 37.2 Å². The fourth-order valence-electron chi connectivity index (χ4n) is 1.90. The van der Waals surface area contributed by atoms with Crippen LogP contribution in [0.4, 0.5) is 0 Å². The second-order valence-electron chi connectivity index (χ2n) is 5.59. The van der Waals surface area contributed by atoms with Crippen LogP contribution < -0.4 is 4.72 Å². The van der Waals surface area contributed by atoms with Crippen LogP contribution in [0.3, 0.4) is 0 Å². The third-order valence-corrected chi connectivity index (χ3v) is 4.73. The summed E-state index contributed by atoms with van der Waals surface area (Å²) in [7, 11) is -3.69. The van der Waals surface area contributed by atoms with Gasteiger partial charge in [-0.1, -0.05) is 13.8 Å². The zero-order chi connectivity index (χ0) is 15.8. The maximum Gasteiger partial charge on any atom is 0.284 e. The maximum absolute atomic E-state index is 12.2.